The van der Waals surface area contributed by atoms with Gasteiger partial charge in [-0.25, -0.2) is 0 Å². The lowest BCUT2D eigenvalue weighted by Gasteiger charge is -2.31. The molecule has 2 aliphatic heterocycles. The number of fused-ring (bicyclic) bond motifs is 1. The van der Waals surface area contributed by atoms with Crippen LogP contribution in [0.4, 0.5) is 5.69 Å². The highest BCUT2D eigenvalue weighted by Crippen LogP contribution is 2.24. The van der Waals surface area contributed by atoms with Crippen LogP contribution in [-0.4, -0.2) is 29.8 Å². The molecule has 1 unspecified atom stereocenters. The van der Waals surface area contributed by atoms with Gasteiger partial charge in [0.2, 0.25) is 0 Å². The van der Waals surface area contributed by atoms with Crippen molar-refractivity contribution in [1.82, 2.24) is 4.90 Å². The van der Waals surface area contributed by atoms with Gasteiger partial charge in [0.05, 0.1) is 6.54 Å². The summed E-state index contributed by atoms with van der Waals surface area (Å²) >= 11 is 0. The molecule has 0 aromatic heterocycles. The smallest absolute Gasteiger partial charge is 0.163 e. The van der Waals surface area contributed by atoms with Gasteiger partial charge >= 0.3 is 0 Å². The summed E-state index contributed by atoms with van der Waals surface area (Å²) in [7, 11) is 0. The second kappa shape index (κ2) is 9.08. The van der Waals surface area contributed by atoms with Gasteiger partial charge in [-0.1, -0.05) is 48.4 Å². The van der Waals surface area contributed by atoms with E-state index in [1.165, 1.54) is 24.0 Å². The Morgan fingerprint density at radius 1 is 1.11 bits per heavy atom. The quantitative estimate of drug-likeness (QED) is 0.590. The van der Waals surface area contributed by atoms with Crippen LogP contribution < -0.4 is 5.32 Å². The number of nitrogens with one attached hydrogen (secondary N) is 1. The average Bonchev–Trinajstić information content (AvgIpc) is 2.98. The Bertz CT molecular complexity index is 878. The molecule has 0 saturated heterocycles. The number of Topliss-reactive ketones (excluding diaryl/α,β-unsaturated/α-hetero) is 1. The summed E-state index contributed by atoms with van der Waals surface area (Å²) < 4.78 is 0. The monoisotopic (exact) mass is 372 g/mol. The van der Waals surface area contributed by atoms with Gasteiger partial charge < -0.3 is 5.32 Å². The maximum Gasteiger partial charge on any atom is 0.163 e. The highest BCUT2D eigenvalue weighted by molar-refractivity contribution is 5.97. The zero-order valence-corrected chi connectivity index (χ0v) is 16.4. The predicted molar refractivity (Wildman–Crippen MR) is 114 cm³/mol. The molecule has 3 nitrogen and oxygen atoms in total. The molecule has 0 aliphatic carbocycles. The second-order valence-corrected chi connectivity index (χ2v) is 7.82. The van der Waals surface area contributed by atoms with Gasteiger partial charge in [0.15, 0.2) is 5.78 Å². The number of hydrogen-bond donors (Lipinski definition) is 1. The molecule has 0 amide bonds. The van der Waals surface area contributed by atoms with Gasteiger partial charge in [-0.05, 0) is 42.9 Å². The van der Waals surface area contributed by atoms with E-state index in [0.717, 1.165) is 50.1 Å². The molecule has 1 N–H and O–H groups in total. The molecule has 0 spiro atoms. The summed E-state index contributed by atoms with van der Waals surface area (Å²) in [4.78, 5) is 15.3. The van der Waals surface area contributed by atoms with E-state index in [4.69, 9.17) is 0 Å². The minimum atomic E-state index is 0.243. The Kier molecular flexibility index (Phi) is 6.09. The Morgan fingerprint density at radius 2 is 2.00 bits per heavy atom. The molecule has 4 rings (SSSR count). The predicted octanol–water partition coefficient (Wildman–Crippen LogP) is 4.68. The topological polar surface area (TPSA) is 32.3 Å². The van der Waals surface area contributed by atoms with Gasteiger partial charge in [-0.2, -0.15) is 0 Å². The first kappa shape index (κ1) is 18.8. The van der Waals surface area contributed by atoms with Crippen LogP contribution in [-0.2, 0) is 13.0 Å². The molecular formula is C25H28N2O. The van der Waals surface area contributed by atoms with Crippen molar-refractivity contribution >= 4 is 11.5 Å². The van der Waals surface area contributed by atoms with Crippen molar-refractivity contribution in [1.29, 1.82) is 0 Å². The SMILES string of the molecule is O=C(CCC1CC#CCN1Cc1ccccc1)c1ccc2c(c1)NCCCC2. The molecule has 2 aromatic rings. The van der Waals surface area contributed by atoms with Crippen molar-refractivity contribution in [2.45, 2.75) is 51.1 Å². The van der Waals surface area contributed by atoms with Crippen molar-refractivity contribution in [3.05, 3.63) is 65.2 Å². The van der Waals surface area contributed by atoms with Crippen LogP contribution in [0, 0.1) is 11.8 Å². The standard InChI is InChI=1S/C25H28N2O/c28-25(22-13-12-21-10-4-6-16-26-24(21)18-22)15-14-23-11-5-7-17-27(23)19-20-8-2-1-3-9-20/h1-3,8-9,12-13,18,23,26H,4,6,10-11,14-17,19H2. The van der Waals surface area contributed by atoms with Gasteiger partial charge in [-0.3, -0.25) is 9.69 Å². The summed E-state index contributed by atoms with van der Waals surface area (Å²) in [6.07, 6.45) is 5.81. The van der Waals surface area contributed by atoms with Crippen molar-refractivity contribution < 1.29 is 4.79 Å². The van der Waals surface area contributed by atoms with Crippen molar-refractivity contribution in [2.75, 3.05) is 18.4 Å². The molecule has 144 valence electrons. The Labute approximate surface area is 168 Å². The Morgan fingerprint density at radius 3 is 2.89 bits per heavy atom. The highest BCUT2D eigenvalue weighted by Gasteiger charge is 2.21. The fourth-order valence-electron chi connectivity index (χ4n) is 4.13. The van der Waals surface area contributed by atoms with E-state index in [9.17, 15) is 4.79 Å². The van der Waals surface area contributed by atoms with Gasteiger partial charge in [0.25, 0.3) is 0 Å². The molecule has 0 radical (unpaired) electrons. The van der Waals surface area contributed by atoms with E-state index in [-0.39, 0.29) is 5.78 Å². The molecule has 0 fully saturated rings. The first-order valence-electron chi connectivity index (χ1n) is 10.4. The zero-order valence-electron chi connectivity index (χ0n) is 16.4. The molecule has 0 bridgehead atoms. The van der Waals surface area contributed by atoms with E-state index >= 15 is 0 Å². The molecule has 1 atom stereocenters. The first-order chi connectivity index (χ1) is 13.8. The molecule has 28 heavy (non-hydrogen) atoms. The summed E-state index contributed by atoms with van der Waals surface area (Å²) in [5.74, 6) is 6.72. The van der Waals surface area contributed by atoms with Crippen molar-refractivity contribution in [3.63, 3.8) is 0 Å². The number of aryl methyl sites for hydroxylation is 1. The molecule has 2 heterocycles. The van der Waals surface area contributed by atoms with Crippen molar-refractivity contribution in [2.24, 2.45) is 0 Å². The number of ketones is 1. The molecule has 2 aromatic carbocycles. The lowest BCUT2D eigenvalue weighted by atomic mass is 9.97. The Balaban J connectivity index is 1.38. The largest absolute Gasteiger partial charge is 0.385 e. The minimum absolute atomic E-state index is 0.243. The van der Waals surface area contributed by atoms with E-state index in [1.807, 2.05) is 12.1 Å². The lowest BCUT2D eigenvalue weighted by molar-refractivity contribution is 0.0960. The molecule has 0 saturated carbocycles. The van der Waals surface area contributed by atoms with Gasteiger partial charge in [-0.15, -0.1) is 5.92 Å². The van der Waals surface area contributed by atoms with Gasteiger partial charge in [0.1, 0.15) is 0 Å². The highest BCUT2D eigenvalue weighted by atomic mass is 16.1. The first-order valence-corrected chi connectivity index (χ1v) is 10.4. The summed E-state index contributed by atoms with van der Waals surface area (Å²) in [5.41, 5.74) is 4.63. The maximum absolute atomic E-state index is 12.8. The number of carbonyl (C=O) groups excluding carboxylic acids is 1. The number of rotatable bonds is 6. The van der Waals surface area contributed by atoms with E-state index in [1.54, 1.807) is 0 Å². The average molecular weight is 373 g/mol. The number of benzene rings is 2. The second-order valence-electron chi connectivity index (χ2n) is 7.82. The van der Waals surface area contributed by atoms with Crippen molar-refractivity contribution in [3.8, 4) is 11.8 Å². The van der Waals surface area contributed by atoms with Gasteiger partial charge in [0, 0.05) is 43.2 Å². The molecular weight excluding hydrogens is 344 g/mol. The van der Waals surface area contributed by atoms with E-state index in [0.29, 0.717) is 12.5 Å². The third-order valence-electron chi connectivity index (χ3n) is 5.81. The third kappa shape index (κ3) is 4.64. The van der Waals surface area contributed by atoms with Crippen LogP contribution in [0.5, 0.6) is 0 Å². The van der Waals surface area contributed by atoms with Crippen LogP contribution in [0.2, 0.25) is 0 Å². The van der Waals surface area contributed by atoms with Crippen LogP contribution >= 0.6 is 0 Å². The fraction of sp³-hybridized carbons (Fsp3) is 0.400. The van der Waals surface area contributed by atoms with Crippen LogP contribution in [0.3, 0.4) is 0 Å². The van der Waals surface area contributed by atoms with Crippen LogP contribution in [0.15, 0.2) is 48.5 Å². The van der Waals surface area contributed by atoms with E-state index in [2.05, 4.69) is 58.5 Å². The minimum Gasteiger partial charge on any atom is -0.385 e. The number of hydrogen-bond acceptors (Lipinski definition) is 3. The lowest BCUT2D eigenvalue weighted by Crippen LogP contribution is -2.37. The number of nitrogens with zero attached hydrogens (tertiary/aromatic N) is 1. The van der Waals surface area contributed by atoms with Crippen LogP contribution in [0.1, 0.15) is 53.6 Å². The summed E-state index contributed by atoms with van der Waals surface area (Å²) in [6.45, 7) is 2.69. The summed E-state index contributed by atoms with van der Waals surface area (Å²) in [6, 6.07) is 17.1. The number of anilines is 1. The molecule has 3 heteroatoms. The van der Waals surface area contributed by atoms with E-state index < -0.39 is 0 Å². The number of carbonyl (C=O) groups is 1. The third-order valence-corrected chi connectivity index (χ3v) is 5.81. The normalized spacial score (nSPS) is 18.9. The van der Waals surface area contributed by atoms with Crippen LogP contribution in [0.25, 0.3) is 0 Å². The summed E-state index contributed by atoms with van der Waals surface area (Å²) in [5, 5.41) is 3.48. The maximum atomic E-state index is 12.8. The zero-order chi connectivity index (χ0) is 19.2. The Hall–Kier alpha value is -2.57. The fourth-order valence-corrected chi connectivity index (χ4v) is 4.13. The molecule has 2 aliphatic rings.